The Hall–Kier alpha value is -3.10. The molecule has 2 aromatic heterocycles. The van der Waals surface area contributed by atoms with Gasteiger partial charge >= 0.3 is 0 Å². The number of hydrogen-bond acceptors (Lipinski definition) is 6. The van der Waals surface area contributed by atoms with E-state index in [1.54, 1.807) is 27.9 Å². The van der Waals surface area contributed by atoms with Crippen LogP contribution in [0.4, 0.5) is 4.39 Å². The summed E-state index contributed by atoms with van der Waals surface area (Å²) in [7, 11) is 0. The SMILES string of the molecule is O=C(c1cccc(F)c1)N1CCCC(n2cc(-c3nc(C4CC4)no3)nn2)C1. The zero-order valence-electron chi connectivity index (χ0n) is 15.2. The van der Waals surface area contributed by atoms with Crippen LogP contribution in [0, 0.1) is 5.82 Å². The normalized spacial score (nSPS) is 19.8. The number of carbonyl (C=O) groups excluding carboxylic acids is 1. The van der Waals surface area contributed by atoms with Crippen molar-refractivity contribution < 1.29 is 13.7 Å². The van der Waals surface area contributed by atoms with Crippen LogP contribution < -0.4 is 0 Å². The van der Waals surface area contributed by atoms with Gasteiger partial charge in [0.2, 0.25) is 0 Å². The fourth-order valence-electron chi connectivity index (χ4n) is 3.56. The third-order valence-electron chi connectivity index (χ3n) is 5.24. The topological polar surface area (TPSA) is 89.9 Å². The highest BCUT2D eigenvalue weighted by molar-refractivity contribution is 5.94. The lowest BCUT2D eigenvalue weighted by Gasteiger charge is -2.32. The molecule has 1 aliphatic heterocycles. The fourth-order valence-corrected chi connectivity index (χ4v) is 3.56. The van der Waals surface area contributed by atoms with Gasteiger partial charge in [-0.2, -0.15) is 4.98 Å². The minimum Gasteiger partial charge on any atom is -0.336 e. The van der Waals surface area contributed by atoms with E-state index in [-0.39, 0.29) is 11.9 Å². The zero-order valence-corrected chi connectivity index (χ0v) is 15.2. The van der Waals surface area contributed by atoms with E-state index in [1.165, 1.54) is 12.1 Å². The molecule has 1 aliphatic carbocycles. The van der Waals surface area contributed by atoms with Gasteiger partial charge in [0.05, 0.1) is 12.2 Å². The minimum atomic E-state index is -0.412. The number of likely N-dealkylation sites (tertiary alicyclic amines) is 1. The summed E-state index contributed by atoms with van der Waals surface area (Å²) in [5, 5.41) is 12.4. The molecule has 2 aliphatic rings. The van der Waals surface area contributed by atoms with Gasteiger partial charge in [0.1, 0.15) is 5.82 Å². The molecule has 0 spiro atoms. The Bertz CT molecular complexity index is 1010. The van der Waals surface area contributed by atoms with Gasteiger partial charge in [-0.25, -0.2) is 9.07 Å². The van der Waals surface area contributed by atoms with E-state index in [4.69, 9.17) is 4.52 Å². The number of aromatic nitrogens is 5. The maximum absolute atomic E-state index is 13.4. The molecule has 0 N–H and O–H groups in total. The lowest BCUT2D eigenvalue weighted by molar-refractivity contribution is 0.0671. The van der Waals surface area contributed by atoms with Crippen LogP contribution in [0.15, 0.2) is 35.0 Å². The molecular weight excluding hydrogens is 363 g/mol. The van der Waals surface area contributed by atoms with Crippen molar-refractivity contribution >= 4 is 5.91 Å². The first-order chi connectivity index (χ1) is 13.7. The van der Waals surface area contributed by atoms with Crippen LogP contribution >= 0.6 is 0 Å². The Kier molecular flexibility index (Phi) is 4.14. The molecule has 144 valence electrons. The van der Waals surface area contributed by atoms with Crippen LogP contribution in [-0.2, 0) is 0 Å². The lowest BCUT2D eigenvalue weighted by atomic mass is 10.0. The summed E-state index contributed by atoms with van der Waals surface area (Å²) >= 11 is 0. The van der Waals surface area contributed by atoms with Crippen LogP contribution in [-0.4, -0.2) is 49.0 Å². The molecule has 3 heterocycles. The number of carbonyl (C=O) groups is 1. The number of benzene rings is 1. The maximum Gasteiger partial charge on any atom is 0.280 e. The molecule has 1 saturated carbocycles. The molecule has 1 saturated heterocycles. The monoisotopic (exact) mass is 382 g/mol. The Morgan fingerprint density at radius 2 is 2.14 bits per heavy atom. The molecule has 0 bridgehead atoms. The van der Waals surface area contributed by atoms with E-state index < -0.39 is 5.82 Å². The molecule has 5 rings (SSSR count). The van der Waals surface area contributed by atoms with Gasteiger partial charge in [0.25, 0.3) is 11.8 Å². The van der Waals surface area contributed by atoms with E-state index in [2.05, 4.69) is 20.5 Å². The summed E-state index contributed by atoms with van der Waals surface area (Å²) in [5.41, 5.74) is 0.895. The summed E-state index contributed by atoms with van der Waals surface area (Å²) in [4.78, 5) is 18.8. The molecule has 1 amide bonds. The molecule has 1 unspecified atom stereocenters. The first-order valence-electron chi connectivity index (χ1n) is 9.48. The number of hydrogen-bond donors (Lipinski definition) is 0. The minimum absolute atomic E-state index is 0.00154. The summed E-state index contributed by atoms with van der Waals surface area (Å²) in [6, 6.07) is 5.79. The van der Waals surface area contributed by atoms with Crippen molar-refractivity contribution in [1.82, 2.24) is 30.0 Å². The van der Waals surface area contributed by atoms with Gasteiger partial charge in [-0.3, -0.25) is 4.79 Å². The Morgan fingerprint density at radius 1 is 1.25 bits per heavy atom. The van der Waals surface area contributed by atoms with Crippen LogP contribution in [0.1, 0.15) is 53.8 Å². The summed E-state index contributed by atoms with van der Waals surface area (Å²) in [5.74, 6) is 0.931. The van der Waals surface area contributed by atoms with Crippen molar-refractivity contribution in [2.24, 2.45) is 0 Å². The molecule has 9 heteroatoms. The summed E-state index contributed by atoms with van der Waals surface area (Å²) < 4.78 is 20.5. The Labute approximate surface area is 160 Å². The number of piperidine rings is 1. The number of rotatable bonds is 4. The maximum atomic E-state index is 13.4. The van der Waals surface area contributed by atoms with Gasteiger partial charge in [-0.1, -0.05) is 16.4 Å². The second-order valence-electron chi connectivity index (χ2n) is 7.37. The van der Waals surface area contributed by atoms with Crippen molar-refractivity contribution in [1.29, 1.82) is 0 Å². The van der Waals surface area contributed by atoms with Gasteiger partial charge in [0, 0.05) is 24.6 Å². The van der Waals surface area contributed by atoms with Gasteiger partial charge in [-0.15, -0.1) is 5.10 Å². The second-order valence-corrected chi connectivity index (χ2v) is 7.37. The van der Waals surface area contributed by atoms with Gasteiger partial charge in [-0.05, 0) is 43.9 Å². The highest BCUT2D eigenvalue weighted by atomic mass is 19.1. The standard InChI is InChI=1S/C19H19FN6O2/c20-14-4-1-3-13(9-14)19(27)25-8-2-5-15(10-25)26-11-16(22-24-26)18-21-17(23-28-18)12-6-7-12/h1,3-4,9,11-12,15H,2,5-8,10H2. The smallest absolute Gasteiger partial charge is 0.280 e. The highest BCUT2D eigenvalue weighted by Crippen LogP contribution is 2.38. The molecule has 28 heavy (non-hydrogen) atoms. The molecule has 8 nitrogen and oxygen atoms in total. The predicted molar refractivity (Wildman–Crippen MR) is 95.9 cm³/mol. The van der Waals surface area contributed by atoms with E-state index in [0.29, 0.717) is 36.2 Å². The van der Waals surface area contributed by atoms with E-state index in [0.717, 1.165) is 31.5 Å². The first kappa shape index (κ1) is 17.0. The quantitative estimate of drug-likeness (QED) is 0.689. The van der Waals surface area contributed by atoms with Crippen LogP contribution in [0.2, 0.25) is 0 Å². The summed E-state index contributed by atoms with van der Waals surface area (Å²) in [6.07, 6.45) is 5.71. The lowest BCUT2D eigenvalue weighted by Crippen LogP contribution is -2.40. The molecule has 1 atom stereocenters. The largest absolute Gasteiger partial charge is 0.336 e. The third-order valence-corrected chi connectivity index (χ3v) is 5.24. The Morgan fingerprint density at radius 3 is 2.96 bits per heavy atom. The molecule has 3 aromatic rings. The van der Waals surface area contributed by atoms with Crippen molar-refractivity contribution in [3.05, 3.63) is 47.7 Å². The van der Waals surface area contributed by atoms with E-state index in [9.17, 15) is 9.18 Å². The molecule has 2 fully saturated rings. The molecule has 1 aromatic carbocycles. The third kappa shape index (κ3) is 3.28. The Balaban J connectivity index is 1.31. The van der Waals surface area contributed by atoms with Crippen LogP contribution in [0.3, 0.4) is 0 Å². The van der Waals surface area contributed by atoms with Crippen molar-refractivity contribution in [2.75, 3.05) is 13.1 Å². The van der Waals surface area contributed by atoms with E-state index >= 15 is 0 Å². The number of halogens is 1. The predicted octanol–water partition coefficient (Wildman–Crippen LogP) is 2.82. The van der Waals surface area contributed by atoms with Crippen LogP contribution in [0.25, 0.3) is 11.6 Å². The molecule has 0 radical (unpaired) electrons. The molecular formula is C19H19FN6O2. The van der Waals surface area contributed by atoms with E-state index in [1.807, 2.05) is 0 Å². The fraction of sp³-hybridized carbons (Fsp3) is 0.421. The average molecular weight is 382 g/mol. The second kappa shape index (κ2) is 6.81. The number of nitrogens with zero attached hydrogens (tertiary/aromatic N) is 6. The highest BCUT2D eigenvalue weighted by Gasteiger charge is 2.30. The van der Waals surface area contributed by atoms with Crippen molar-refractivity contribution in [2.45, 2.75) is 37.6 Å². The zero-order chi connectivity index (χ0) is 19.1. The first-order valence-corrected chi connectivity index (χ1v) is 9.48. The van der Waals surface area contributed by atoms with Gasteiger partial charge in [0.15, 0.2) is 11.5 Å². The number of amides is 1. The average Bonchev–Trinajstić information content (AvgIpc) is 3.25. The van der Waals surface area contributed by atoms with Crippen molar-refractivity contribution in [3.63, 3.8) is 0 Å². The van der Waals surface area contributed by atoms with Gasteiger partial charge < -0.3 is 9.42 Å². The van der Waals surface area contributed by atoms with Crippen LogP contribution in [0.5, 0.6) is 0 Å². The van der Waals surface area contributed by atoms with Crippen molar-refractivity contribution in [3.8, 4) is 11.6 Å². The summed E-state index contributed by atoms with van der Waals surface area (Å²) in [6.45, 7) is 1.14.